The van der Waals surface area contributed by atoms with E-state index in [1.54, 1.807) is 11.9 Å². The Balaban J connectivity index is 2.55. The molecule has 1 amide bonds. The maximum absolute atomic E-state index is 12.2. The first-order valence-corrected chi connectivity index (χ1v) is 6.70. The number of carbonyl (C=O) groups is 1. The first-order chi connectivity index (χ1) is 8.47. The molecule has 1 aliphatic heterocycles. The predicted octanol–water partition coefficient (Wildman–Crippen LogP) is 2.14. The van der Waals surface area contributed by atoms with Gasteiger partial charge in [0.1, 0.15) is 5.75 Å². The molecule has 0 radical (unpaired) electrons. The molecule has 2 N–H and O–H groups in total. The lowest BCUT2D eigenvalue weighted by Crippen LogP contribution is -2.45. The number of nitrogens with two attached hydrogens (primary N) is 1. The maximum atomic E-state index is 12.2. The van der Waals surface area contributed by atoms with Crippen molar-refractivity contribution in [3.8, 4) is 5.75 Å². The van der Waals surface area contributed by atoms with E-state index in [1.807, 2.05) is 19.9 Å². The molecule has 4 nitrogen and oxygen atoms in total. The number of fused-ring (bicyclic) bond motifs is 1. The van der Waals surface area contributed by atoms with Gasteiger partial charge in [0.25, 0.3) is 5.91 Å². The Labute approximate surface area is 115 Å². The molecule has 0 spiro atoms. The normalized spacial score (nSPS) is 18.6. The molecule has 0 bridgehead atoms. The first-order valence-electron chi connectivity index (χ1n) is 5.91. The summed E-state index contributed by atoms with van der Waals surface area (Å²) in [6.45, 7) is 4.39. The van der Waals surface area contributed by atoms with Gasteiger partial charge in [-0.15, -0.1) is 0 Å². The van der Waals surface area contributed by atoms with Crippen molar-refractivity contribution in [2.75, 3.05) is 18.5 Å². The van der Waals surface area contributed by atoms with Gasteiger partial charge in [-0.25, -0.2) is 0 Å². The predicted molar refractivity (Wildman–Crippen MR) is 75.1 cm³/mol. The molecule has 98 valence electrons. The SMILES string of the molecule is Cc1cc(Br)c(C)c2c1OC(CCN)C(=O)N2C. The number of aryl methyl sites for hydroxylation is 1. The van der Waals surface area contributed by atoms with Gasteiger partial charge >= 0.3 is 0 Å². The lowest BCUT2D eigenvalue weighted by molar-refractivity contribution is -0.126. The van der Waals surface area contributed by atoms with Crippen molar-refractivity contribution in [3.05, 3.63) is 21.7 Å². The zero-order valence-corrected chi connectivity index (χ0v) is 12.4. The van der Waals surface area contributed by atoms with Crippen molar-refractivity contribution in [2.24, 2.45) is 5.73 Å². The number of likely N-dealkylation sites (N-methyl/N-ethyl adjacent to an activating group) is 1. The van der Waals surface area contributed by atoms with E-state index < -0.39 is 6.10 Å². The third-order valence-corrected chi connectivity index (χ3v) is 4.08. The Hall–Kier alpha value is -1.07. The van der Waals surface area contributed by atoms with E-state index in [1.165, 1.54) is 0 Å². The molecule has 1 atom stereocenters. The molecular formula is C13H17BrN2O2. The number of amides is 1. The molecule has 1 aliphatic rings. The molecule has 1 aromatic rings. The van der Waals surface area contributed by atoms with Gasteiger partial charge in [-0.1, -0.05) is 15.9 Å². The van der Waals surface area contributed by atoms with Crippen LogP contribution in [0.15, 0.2) is 10.5 Å². The standard InChI is InChI=1S/C13H17BrN2O2/c1-7-6-9(14)8(2)11-12(7)18-10(4-5-15)13(17)16(11)3/h6,10H,4-5,15H2,1-3H3. The van der Waals surface area contributed by atoms with E-state index >= 15 is 0 Å². The van der Waals surface area contributed by atoms with Crippen LogP contribution in [0.25, 0.3) is 0 Å². The van der Waals surface area contributed by atoms with Crippen LogP contribution in [-0.4, -0.2) is 25.6 Å². The van der Waals surface area contributed by atoms with Gasteiger partial charge in [0.2, 0.25) is 0 Å². The summed E-state index contributed by atoms with van der Waals surface area (Å²) in [6.07, 6.45) is 0.0729. The third-order valence-electron chi connectivity index (χ3n) is 3.26. The van der Waals surface area contributed by atoms with Crippen LogP contribution in [0.2, 0.25) is 0 Å². The second-order valence-corrected chi connectivity index (χ2v) is 5.41. The number of hydrogen-bond donors (Lipinski definition) is 1. The number of anilines is 1. The van der Waals surface area contributed by atoms with Gasteiger partial charge in [-0.2, -0.15) is 0 Å². The van der Waals surface area contributed by atoms with Crippen LogP contribution in [0.5, 0.6) is 5.75 Å². The van der Waals surface area contributed by atoms with Gasteiger partial charge in [0, 0.05) is 17.9 Å². The summed E-state index contributed by atoms with van der Waals surface area (Å²) in [5.74, 6) is 0.754. The summed E-state index contributed by atoms with van der Waals surface area (Å²) in [5, 5.41) is 0. The van der Waals surface area contributed by atoms with Gasteiger partial charge in [-0.05, 0) is 37.6 Å². The molecule has 1 unspecified atom stereocenters. The lowest BCUT2D eigenvalue weighted by Gasteiger charge is -2.34. The molecule has 2 rings (SSSR count). The fourth-order valence-electron chi connectivity index (χ4n) is 2.24. The second kappa shape index (κ2) is 4.90. The minimum absolute atomic E-state index is 0.0337. The van der Waals surface area contributed by atoms with E-state index in [2.05, 4.69) is 15.9 Å². The highest BCUT2D eigenvalue weighted by molar-refractivity contribution is 9.10. The Morgan fingerprint density at radius 2 is 2.17 bits per heavy atom. The summed E-state index contributed by atoms with van der Waals surface area (Å²) in [5.41, 5.74) is 8.40. The van der Waals surface area contributed by atoms with Crippen LogP contribution in [0.4, 0.5) is 5.69 Å². The largest absolute Gasteiger partial charge is 0.478 e. The first kappa shape index (κ1) is 13.4. The summed E-state index contributed by atoms with van der Waals surface area (Å²) in [6, 6.07) is 2.01. The van der Waals surface area contributed by atoms with Crippen LogP contribution >= 0.6 is 15.9 Å². The summed E-state index contributed by atoms with van der Waals surface area (Å²) in [4.78, 5) is 13.9. The van der Waals surface area contributed by atoms with Crippen molar-refractivity contribution in [1.82, 2.24) is 0 Å². The molecule has 1 aromatic carbocycles. The number of carbonyl (C=O) groups excluding carboxylic acids is 1. The smallest absolute Gasteiger partial charge is 0.267 e. The van der Waals surface area contributed by atoms with E-state index in [-0.39, 0.29) is 5.91 Å². The average molecular weight is 313 g/mol. The Morgan fingerprint density at radius 3 is 2.78 bits per heavy atom. The summed E-state index contributed by atoms with van der Waals surface area (Å²) < 4.78 is 6.82. The van der Waals surface area contributed by atoms with E-state index in [4.69, 9.17) is 10.5 Å². The summed E-state index contributed by atoms with van der Waals surface area (Å²) >= 11 is 3.50. The molecule has 0 saturated heterocycles. The number of halogens is 1. The molecule has 0 fully saturated rings. The van der Waals surface area contributed by atoms with Gasteiger partial charge in [0.15, 0.2) is 6.10 Å². The molecular weight excluding hydrogens is 296 g/mol. The number of rotatable bonds is 2. The third kappa shape index (κ3) is 2.01. The maximum Gasteiger partial charge on any atom is 0.267 e. The number of nitrogens with zero attached hydrogens (tertiary/aromatic N) is 1. The molecule has 18 heavy (non-hydrogen) atoms. The molecule has 0 aliphatic carbocycles. The van der Waals surface area contributed by atoms with E-state index in [0.717, 1.165) is 27.0 Å². The summed E-state index contributed by atoms with van der Waals surface area (Å²) in [7, 11) is 1.78. The van der Waals surface area contributed by atoms with Crippen LogP contribution < -0.4 is 15.4 Å². The molecule has 5 heteroatoms. The quantitative estimate of drug-likeness (QED) is 0.910. The molecule has 0 aromatic heterocycles. The van der Waals surface area contributed by atoms with E-state index in [0.29, 0.717) is 13.0 Å². The van der Waals surface area contributed by atoms with E-state index in [9.17, 15) is 4.79 Å². The zero-order chi connectivity index (χ0) is 13.4. The topological polar surface area (TPSA) is 55.6 Å². The van der Waals surface area contributed by atoms with Crippen molar-refractivity contribution >= 4 is 27.5 Å². The highest BCUT2D eigenvalue weighted by Crippen LogP contribution is 2.42. The average Bonchev–Trinajstić information content (AvgIpc) is 2.32. The van der Waals surface area contributed by atoms with Gasteiger partial charge in [0.05, 0.1) is 5.69 Å². The Morgan fingerprint density at radius 1 is 1.50 bits per heavy atom. The van der Waals surface area contributed by atoms with Gasteiger partial charge < -0.3 is 15.4 Å². The molecule has 0 saturated carbocycles. The van der Waals surface area contributed by atoms with Crippen molar-refractivity contribution < 1.29 is 9.53 Å². The van der Waals surface area contributed by atoms with Gasteiger partial charge in [-0.3, -0.25) is 4.79 Å². The Bertz CT molecular complexity index is 502. The van der Waals surface area contributed by atoms with Crippen molar-refractivity contribution in [1.29, 1.82) is 0 Å². The van der Waals surface area contributed by atoms with Crippen molar-refractivity contribution in [2.45, 2.75) is 26.4 Å². The van der Waals surface area contributed by atoms with Crippen LogP contribution in [0.1, 0.15) is 17.5 Å². The fourth-order valence-corrected chi connectivity index (χ4v) is 2.77. The fraction of sp³-hybridized carbons (Fsp3) is 0.462. The van der Waals surface area contributed by atoms with Crippen LogP contribution in [0, 0.1) is 13.8 Å². The zero-order valence-electron chi connectivity index (χ0n) is 10.8. The number of benzene rings is 1. The highest BCUT2D eigenvalue weighted by atomic mass is 79.9. The number of ether oxygens (including phenoxy) is 1. The molecule has 1 heterocycles. The minimum atomic E-state index is -0.466. The van der Waals surface area contributed by atoms with Crippen LogP contribution in [-0.2, 0) is 4.79 Å². The highest BCUT2D eigenvalue weighted by Gasteiger charge is 2.34. The number of hydrogen-bond acceptors (Lipinski definition) is 3. The minimum Gasteiger partial charge on any atom is -0.478 e. The Kier molecular flexibility index (Phi) is 3.64. The second-order valence-electron chi connectivity index (χ2n) is 4.56. The lowest BCUT2D eigenvalue weighted by atomic mass is 10.0. The monoisotopic (exact) mass is 312 g/mol. The van der Waals surface area contributed by atoms with Crippen LogP contribution in [0.3, 0.4) is 0 Å². The van der Waals surface area contributed by atoms with Crippen molar-refractivity contribution in [3.63, 3.8) is 0 Å².